The number of nitrogens with one attached hydrogen (secondary N) is 1. The van der Waals surface area contributed by atoms with Crippen LogP contribution in [0.3, 0.4) is 0 Å². The van der Waals surface area contributed by atoms with Crippen molar-refractivity contribution in [1.82, 2.24) is 20.1 Å². The zero-order chi connectivity index (χ0) is 20.1. The molecule has 1 atom stereocenters. The zero-order valence-electron chi connectivity index (χ0n) is 16.8. The average molecular weight is 422 g/mol. The summed E-state index contributed by atoms with van der Waals surface area (Å²) in [6.45, 7) is 5.29. The number of aromatic amines is 1. The second-order valence-corrected chi connectivity index (χ2v) is 9.30. The van der Waals surface area contributed by atoms with Gasteiger partial charge in [0.2, 0.25) is 0 Å². The standard InChI is InChI=1S/C22H25N6OS/c29-22(26-11-13-30-16-26)17-14-18-4-3-12-28(18,15-17)27-9-7-25(8-10-27)21-19-5-1-2-6-20(19)23-24-21/h1-6,12,14H,7-11,13,15-16H2,(H,23,24)/q+1/t28-/m1/s1. The van der Waals surface area contributed by atoms with Gasteiger partial charge in [-0.3, -0.25) is 9.89 Å². The Morgan fingerprint density at radius 3 is 2.83 bits per heavy atom. The Kier molecular flexibility index (Phi) is 4.26. The molecule has 0 unspecified atom stereocenters. The molecule has 4 aliphatic rings. The van der Waals surface area contributed by atoms with Crippen molar-refractivity contribution in [1.29, 1.82) is 0 Å². The first-order valence-corrected chi connectivity index (χ1v) is 11.7. The van der Waals surface area contributed by atoms with Gasteiger partial charge in [0.25, 0.3) is 5.91 Å². The van der Waals surface area contributed by atoms with Gasteiger partial charge in [0.1, 0.15) is 12.7 Å². The molecule has 1 N–H and O–H groups in total. The summed E-state index contributed by atoms with van der Waals surface area (Å²) in [6.07, 6.45) is 8.66. The first-order valence-electron chi connectivity index (χ1n) is 10.5. The molecule has 154 valence electrons. The summed E-state index contributed by atoms with van der Waals surface area (Å²) >= 11 is 1.84. The van der Waals surface area contributed by atoms with Crippen molar-refractivity contribution in [2.24, 2.45) is 0 Å². The maximum atomic E-state index is 13.0. The number of thioether (sulfide) groups is 1. The molecule has 1 amide bonds. The second-order valence-electron chi connectivity index (χ2n) is 8.23. The first-order chi connectivity index (χ1) is 14.7. The van der Waals surface area contributed by atoms with Crippen LogP contribution in [0.15, 0.2) is 60.0 Å². The Hall–Kier alpha value is -2.55. The Morgan fingerprint density at radius 1 is 1.13 bits per heavy atom. The molecule has 6 rings (SSSR count). The van der Waals surface area contributed by atoms with E-state index in [9.17, 15) is 4.79 Å². The highest BCUT2D eigenvalue weighted by molar-refractivity contribution is 7.99. The topological polar surface area (TPSA) is 55.5 Å². The number of H-pyrrole nitrogens is 1. The van der Waals surface area contributed by atoms with Crippen molar-refractivity contribution in [3.8, 4) is 0 Å². The number of hydrogen-bond acceptors (Lipinski definition) is 5. The Balaban J connectivity index is 1.19. The highest BCUT2D eigenvalue weighted by atomic mass is 32.2. The molecule has 0 aliphatic carbocycles. The van der Waals surface area contributed by atoms with E-state index in [2.05, 4.69) is 62.7 Å². The number of allylic oxidation sites excluding steroid dienone is 3. The lowest BCUT2D eigenvalue weighted by molar-refractivity contribution is -0.948. The fourth-order valence-electron chi connectivity index (χ4n) is 5.01. The van der Waals surface area contributed by atoms with Gasteiger partial charge >= 0.3 is 0 Å². The molecule has 2 fully saturated rings. The lowest BCUT2D eigenvalue weighted by Crippen LogP contribution is -2.60. The molecule has 0 spiro atoms. The van der Waals surface area contributed by atoms with Gasteiger partial charge in [0, 0.05) is 42.9 Å². The summed E-state index contributed by atoms with van der Waals surface area (Å²) in [5, 5.41) is 11.4. The van der Waals surface area contributed by atoms with Crippen LogP contribution in [0.25, 0.3) is 10.9 Å². The molecule has 30 heavy (non-hydrogen) atoms. The molecule has 1 aromatic carbocycles. The van der Waals surface area contributed by atoms with Gasteiger partial charge in [0.15, 0.2) is 11.5 Å². The van der Waals surface area contributed by atoms with Gasteiger partial charge in [-0.05, 0) is 18.2 Å². The number of benzene rings is 1. The van der Waals surface area contributed by atoms with E-state index in [-0.39, 0.29) is 5.91 Å². The number of quaternary nitrogens is 1. The molecule has 1 aromatic heterocycles. The van der Waals surface area contributed by atoms with E-state index in [4.69, 9.17) is 0 Å². The average Bonchev–Trinajstić information content (AvgIpc) is 3.56. The number of carbonyl (C=O) groups excluding carboxylic acids is 1. The molecular weight excluding hydrogens is 396 g/mol. The van der Waals surface area contributed by atoms with Crippen LogP contribution in [0.4, 0.5) is 5.82 Å². The number of fused-ring (bicyclic) bond motifs is 2. The van der Waals surface area contributed by atoms with Gasteiger partial charge in [0.05, 0.1) is 30.1 Å². The van der Waals surface area contributed by atoms with Crippen molar-refractivity contribution in [3.63, 3.8) is 0 Å². The van der Waals surface area contributed by atoms with E-state index in [1.165, 1.54) is 11.1 Å². The quantitative estimate of drug-likeness (QED) is 0.771. The predicted octanol–water partition coefficient (Wildman–Crippen LogP) is 2.30. The summed E-state index contributed by atoms with van der Waals surface area (Å²) in [7, 11) is 0. The van der Waals surface area contributed by atoms with Gasteiger partial charge < -0.3 is 9.80 Å². The maximum Gasteiger partial charge on any atom is 0.256 e. The second kappa shape index (κ2) is 7.01. The van der Waals surface area contributed by atoms with E-state index in [0.717, 1.165) is 67.8 Å². The van der Waals surface area contributed by atoms with Crippen LogP contribution in [0.5, 0.6) is 0 Å². The largest absolute Gasteiger partial charge is 0.352 e. The van der Waals surface area contributed by atoms with Crippen LogP contribution in [0.1, 0.15) is 0 Å². The third-order valence-corrected chi connectivity index (χ3v) is 7.57. The minimum Gasteiger partial charge on any atom is -0.352 e. The molecule has 4 aliphatic heterocycles. The Morgan fingerprint density at radius 2 is 2.00 bits per heavy atom. The van der Waals surface area contributed by atoms with E-state index < -0.39 is 0 Å². The van der Waals surface area contributed by atoms with Crippen molar-refractivity contribution in [3.05, 3.63) is 60.0 Å². The maximum absolute atomic E-state index is 13.0. The van der Waals surface area contributed by atoms with E-state index in [1.807, 2.05) is 22.7 Å². The minimum atomic E-state index is 0.211. The molecule has 2 aromatic rings. The number of carbonyl (C=O) groups is 1. The number of aromatic nitrogens is 2. The minimum absolute atomic E-state index is 0.211. The molecule has 7 nitrogen and oxygen atoms in total. The Labute approximate surface area is 179 Å². The van der Waals surface area contributed by atoms with Crippen LogP contribution >= 0.6 is 11.8 Å². The first kappa shape index (κ1) is 18.2. The van der Waals surface area contributed by atoms with E-state index >= 15 is 0 Å². The fourth-order valence-corrected chi connectivity index (χ4v) is 5.95. The highest BCUT2D eigenvalue weighted by Crippen LogP contribution is 2.38. The molecule has 0 radical (unpaired) electrons. The molecule has 0 saturated carbocycles. The number of amides is 1. The summed E-state index contributed by atoms with van der Waals surface area (Å²) in [5.74, 6) is 3.12. The lowest BCUT2D eigenvalue weighted by atomic mass is 10.2. The molecule has 5 heterocycles. The summed E-state index contributed by atoms with van der Waals surface area (Å²) in [6, 6.07) is 8.30. The van der Waals surface area contributed by atoms with Gasteiger partial charge in [-0.2, -0.15) is 9.69 Å². The summed E-state index contributed by atoms with van der Waals surface area (Å²) in [5.41, 5.74) is 3.23. The number of hydrogen-bond donors (Lipinski definition) is 1. The molecule has 2 saturated heterocycles. The summed E-state index contributed by atoms with van der Waals surface area (Å²) in [4.78, 5) is 17.3. The SMILES string of the molecule is O=C(C1=CC2=CC=C[N@@+]2(N2CCN(c3n[nH]c4ccccc34)CC2)C1)N1CCSC1. The Bertz CT molecular complexity index is 1090. The normalized spacial score (nSPS) is 26.4. The van der Waals surface area contributed by atoms with Crippen LogP contribution in [-0.4, -0.2) is 81.5 Å². The lowest BCUT2D eigenvalue weighted by Gasteiger charge is -2.44. The third kappa shape index (κ3) is 2.74. The van der Waals surface area contributed by atoms with Crippen molar-refractivity contribution in [2.45, 2.75) is 0 Å². The number of piperazine rings is 1. The van der Waals surface area contributed by atoms with Crippen molar-refractivity contribution in [2.75, 3.05) is 55.8 Å². The predicted molar refractivity (Wildman–Crippen MR) is 119 cm³/mol. The zero-order valence-corrected chi connectivity index (χ0v) is 17.6. The van der Waals surface area contributed by atoms with Crippen LogP contribution in [0.2, 0.25) is 0 Å². The van der Waals surface area contributed by atoms with Gasteiger partial charge in [-0.15, -0.1) is 16.8 Å². The number of anilines is 1. The molecular formula is C22H25N6OS+. The molecule has 0 bridgehead atoms. The molecule has 8 heteroatoms. The van der Waals surface area contributed by atoms with Gasteiger partial charge in [-0.25, -0.2) is 0 Å². The number of rotatable bonds is 3. The third-order valence-electron chi connectivity index (χ3n) is 6.61. The van der Waals surface area contributed by atoms with Crippen LogP contribution < -0.4 is 4.90 Å². The monoisotopic (exact) mass is 421 g/mol. The van der Waals surface area contributed by atoms with E-state index in [1.54, 1.807) is 0 Å². The smallest absolute Gasteiger partial charge is 0.256 e. The van der Waals surface area contributed by atoms with Crippen LogP contribution in [-0.2, 0) is 4.79 Å². The van der Waals surface area contributed by atoms with Crippen molar-refractivity contribution >= 4 is 34.4 Å². The van der Waals surface area contributed by atoms with E-state index in [0.29, 0.717) is 4.59 Å². The van der Waals surface area contributed by atoms with Gasteiger partial charge in [-0.1, -0.05) is 12.1 Å². The fraction of sp³-hybridized carbons (Fsp3) is 0.364. The highest BCUT2D eigenvalue weighted by Gasteiger charge is 2.48. The van der Waals surface area contributed by atoms with Crippen LogP contribution in [0, 0.1) is 0 Å². The van der Waals surface area contributed by atoms with Crippen molar-refractivity contribution < 1.29 is 9.39 Å². The summed E-state index contributed by atoms with van der Waals surface area (Å²) < 4.78 is 0.664. The number of para-hydroxylation sites is 1. The number of nitrogens with zero attached hydrogens (tertiary/aromatic N) is 5.